The van der Waals surface area contributed by atoms with Crippen molar-refractivity contribution in [2.45, 2.75) is 31.3 Å². The molecule has 0 bridgehead atoms. The Morgan fingerprint density at radius 1 is 1.26 bits per heavy atom. The van der Waals surface area contributed by atoms with Crippen LogP contribution in [0.1, 0.15) is 19.3 Å². The van der Waals surface area contributed by atoms with Gasteiger partial charge in [0, 0.05) is 50.5 Å². The Kier molecular flexibility index (Phi) is 3.33. The molecule has 1 amide bonds. The van der Waals surface area contributed by atoms with Gasteiger partial charge in [-0.3, -0.25) is 4.79 Å². The number of hydrogen-bond acceptors (Lipinski definition) is 5. The molecule has 0 aliphatic carbocycles. The molecule has 19 heavy (non-hydrogen) atoms. The molecule has 2 fully saturated rings. The van der Waals surface area contributed by atoms with Gasteiger partial charge in [-0.15, -0.1) is 0 Å². The highest BCUT2D eigenvalue weighted by molar-refractivity contribution is 5.79. The minimum Gasteiger partial charge on any atom is -0.339 e. The third kappa shape index (κ3) is 2.53. The van der Waals surface area contributed by atoms with E-state index in [9.17, 15) is 4.79 Å². The maximum absolute atomic E-state index is 11.9. The van der Waals surface area contributed by atoms with Gasteiger partial charge in [0.25, 0.3) is 0 Å². The van der Waals surface area contributed by atoms with Crippen LogP contribution in [0.2, 0.25) is 0 Å². The van der Waals surface area contributed by atoms with Crippen LogP contribution in [-0.2, 0) is 4.79 Å². The van der Waals surface area contributed by atoms with Crippen molar-refractivity contribution in [1.82, 2.24) is 14.9 Å². The van der Waals surface area contributed by atoms with Crippen LogP contribution in [0, 0.1) is 0 Å². The monoisotopic (exact) mass is 261 g/mol. The van der Waals surface area contributed by atoms with Crippen molar-refractivity contribution in [2.75, 3.05) is 24.5 Å². The Morgan fingerprint density at radius 3 is 2.74 bits per heavy atom. The Balaban J connectivity index is 1.70. The fourth-order valence-electron chi connectivity index (χ4n) is 2.96. The molecule has 0 saturated carbocycles. The average Bonchev–Trinajstić information content (AvgIpc) is 2.79. The summed E-state index contributed by atoms with van der Waals surface area (Å²) in [5.41, 5.74) is 5.87. The van der Waals surface area contributed by atoms with E-state index in [0.29, 0.717) is 13.0 Å². The predicted molar refractivity (Wildman–Crippen MR) is 71.6 cm³/mol. The summed E-state index contributed by atoms with van der Waals surface area (Å²) in [6, 6.07) is 2.06. The smallest absolute Gasteiger partial charge is 0.225 e. The zero-order chi connectivity index (χ0) is 13.2. The molecule has 102 valence electrons. The highest BCUT2D eigenvalue weighted by Gasteiger charge is 2.35. The second-order valence-electron chi connectivity index (χ2n) is 5.30. The van der Waals surface area contributed by atoms with Crippen molar-refractivity contribution < 1.29 is 4.79 Å². The molecule has 2 unspecified atom stereocenters. The first-order valence-electron chi connectivity index (χ1n) is 6.81. The molecule has 2 saturated heterocycles. The molecule has 1 aromatic heterocycles. The van der Waals surface area contributed by atoms with Crippen molar-refractivity contribution in [2.24, 2.45) is 5.73 Å². The fraction of sp³-hybridized carbons (Fsp3) is 0.615. The molecule has 0 spiro atoms. The lowest BCUT2D eigenvalue weighted by molar-refractivity contribution is -0.129. The average molecular weight is 261 g/mol. The number of rotatable bonds is 2. The lowest BCUT2D eigenvalue weighted by Crippen LogP contribution is -2.49. The van der Waals surface area contributed by atoms with E-state index in [0.717, 1.165) is 31.9 Å². The Hall–Kier alpha value is -1.69. The molecular formula is C13H19N5O. The lowest BCUT2D eigenvalue weighted by Gasteiger charge is -2.37. The van der Waals surface area contributed by atoms with Gasteiger partial charge in [0.2, 0.25) is 11.9 Å². The van der Waals surface area contributed by atoms with Gasteiger partial charge in [0.1, 0.15) is 0 Å². The second-order valence-corrected chi connectivity index (χ2v) is 5.30. The number of anilines is 1. The predicted octanol–water partition coefficient (Wildman–Crippen LogP) is 0.00500. The van der Waals surface area contributed by atoms with E-state index >= 15 is 0 Å². The van der Waals surface area contributed by atoms with Crippen LogP contribution in [0.5, 0.6) is 0 Å². The minimum absolute atomic E-state index is 0.00384. The normalized spacial score (nSPS) is 27.9. The van der Waals surface area contributed by atoms with Gasteiger partial charge in [-0.2, -0.15) is 0 Å². The third-order valence-corrected chi connectivity index (χ3v) is 3.86. The molecule has 6 nitrogen and oxygen atoms in total. The highest BCUT2D eigenvalue weighted by atomic mass is 16.2. The topological polar surface area (TPSA) is 75.4 Å². The highest BCUT2D eigenvalue weighted by Crippen LogP contribution is 2.22. The summed E-state index contributed by atoms with van der Waals surface area (Å²) in [7, 11) is 0. The summed E-state index contributed by atoms with van der Waals surface area (Å²) < 4.78 is 0. The first-order valence-corrected chi connectivity index (χ1v) is 6.81. The number of likely N-dealkylation sites (tertiary alicyclic amines) is 1. The maximum atomic E-state index is 11.9. The molecule has 3 heterocycles. The van der Waals surface area contributed by atoms with Crippen LogP contribution >= 0.6 is 0 Å². The largest absolute Gasteiger partial charge is 0.339 e. The van der Waals surface area contributed by atoms with Gasteiger partial charge in [0.05, 0.1) is 0 Å². The number of carbonyl (C=O) groups excluding carboxylic acids is 1. The number of hydrogen-bond donors (Lipinski definition) is 1. The van der Waals surface area contributed by atoms with Crippen molar-refractivity contribution in [3.63, 3.8) is 0 Å². The summed E-state index contributed by atoms with van der Waals surface area (Å²) in [4.78, 5) is 24.6. The second kappa shape index (κ2) is 5.13. The van der Waals surface area contributed by atoms with Crippen molar-refractivity contribution >= 4 is 11.9 Å². The maximum Gasteiger partial charge on any atom is 0.225 e. The molecular weight excluding hydrogens is 242 g/mol. The third-order valence-electron chi connectivity index (χ3n) is 3.86. The molecule has 0 radical (unpaired) electrons. The van der Waals surface area contributed by atoms with E-state index in [-0.39, 0.29) is 18.0 Å². The summed E-state index contributed by atoms with van der Waals surface area (Å²) in [5, 5.41) is 0. The standard InChI is InChI=1S/C13H19N5O/c14-10-7-12(19)18(8-10)11-3-1-6-17(9-11)13-15-4-2-5-16-13/h2,4-5,10-11H,1,3,6-9,14H2. The van der Waals surface area contributed by atoms with Crippen LogP contribution in [0.15, 0.2) is 18.5 Å². The molecule has 1 aromatic rings. The van der Waals surface area contributed by atoms with Gasteiger partial charge in [-0.25, -0.2) is 9.97 Å². The summed E-state index contributed by atoms with van der Waals surface area (Å²) >= 11 is 0. The molecule has 6 heteroatoms. The molecule has 2 aliphatic heterocycles. The first-order chi connectivity index (χ1) is 9.24. The number of piperidine rings is 1. The molecule has 2 atom stereocenters. The minimum atomic E-state index is -0.00384. The number of nitrogens with two attached hydrogens (primary N) is 1. The van der Waals surface area contributed by atoms with Crippen LogP contribution in [0.4, 0.5) is 5.95 Å². The zero-order valence-corrected chi connectivity index (χ0v) is 10.9. The molecule has 2 aliphatic rings. The van der Waals surface area contributed by atoms with Gasteiger partial charge in [-0.05, 0) is 18.9 Å². The molecule has 0 aromatic carbocycles. The van der Waals surface area contributed by atoms with Gasteiger partial charge >= 0.3 is 0 Å². The van der Waals surface area contributed by atoms with E-state index in [1.807, 2.05) is 11.0 Å². The van der Waals surface area contributed by atoms with E-state index in [1.165, 1.54) is 0 Å². The van der Waals surface area contributed by atoms with Crippen molar-refractivity contribution in [3.8, 4) is 0 Å². The Morgan fingerprint density at radius 2 is 2.05 bits per heavy atom. The van der Waals surface area contributed by atoms with E-state index < -0.39 is 0 Å². The van der Waals surface area contributed by atoms with E-state index in [4.69, 9.17) is 5.73 Å². The molecule has 3 rings (SSSR count). The zero-order valence-electron chi connectivity index (χ0n) is 10.9. The number of carbonyl (C=O) groups is 1. The van der Waals surface area contributed by atoms with Crippen molar-refractivity contribution in [1.29, 1.82) is 0 Å². The number of amides is 1. The summed E-state index contributed by atoms with van der Waals surface area (Å²) in [5.74, 6) is 0.941. The summed E-state index contributed by atoms with van der Waals surface area (Å²) in [6.45, 7) is 2.45. The van der Waals surface area contributed by atoms with Crippen LogP contribution in [-0.4, -0.2) is 52.5 Å². The van der Waals surface area contributed by atoms with Crippen LogP contribution < -0.4 is 10.6 Å². The SMILES string of the molecule is NC1CC(=O)N(C2CCCN(c3ncccn3)C2)C1. The van der Waals surface area contributed by atoms with Crippen molar-refractivity contribution in [3.05, 3.63) is 18.5 Å². The van der Waals surface area contributed by atoms with Gasteiger partial charge in [-0.1, -0.05) is 0 Å². The Bertz CT molecular complexity index is 452. The fourth-order valence-corrected chi connectivity index (χ4v) is 2.96. The first kappa shape index (κ1) is 12.3. The van der Waals surface area contributed by atoms with Gasteiger partial charge < -0.3 is 15.5 Å². The van der Waals surface area contributed by atoms with Gasteiger partial charge in [0.15, 0.2) is 0 Å². The Labute approximate surface area is 112 Å². The van der Waals surface area contributed by atoms with Crippen LogP contribution in [0.25, 0.3) is 0 Å². The van der Waals surface area contributed by atoms with Crippen LogP contribution in [0.3, 0.4) is 0 Å². The quantitative estimate of drug-likeness (QED) is 0.811. The number of nitrogens with zero attached hydrogens (tertiary/aromatic N) is 4. The van der Waals surface area contributed by atoms with E-state index in [2.05, 4.69) is 14.9 Å². The van der Waals surface area contributed by atoms with E-state index in [1.54, 1.807) is 12.4 Å². The lowest BCUT2D eigenvalue weighted by atomic mass is 10.0. The number of aromatic nitrogens is 2. The molecule has 2 N–H and O–H groups in total. The summed E-state index contributed by atoms with van der Waals surface area (Å²) in [6.07, 6.45) is 6.09.